The average Bonchev–Trinajstić information content (AvgIpc) is 3.15. The molecule has 2 heterocycles. The first kappa shape index (κ1) is 20.8. The Bertz CT molecular complexity index is 1330. The third-order valence-electron chi connectivity index (χ3n) is 4.84. The third-order valence-corrected chi connectivity index (χ3v) is 5.72. The Labute approximate surface area is 178 Å². The van der Waals surface area contributed by atoms with Gasteiger partial charge in [-0.2, -0.15) is 0 Å². The number of nitrogens with zero attached hydrogens (tertiary/aromatic N) is 2. The topological polar surface area (TPSA) is 64.0 Å². The van der Waals surface area contributed by atoms with Crippen LogP contribution in [0.1, 0.15) is 18.5 Å². The van der Waals surface area contributed by atoms with Crippen LogP contribution < -0.4 is 10.9 Å². The largest absolute Gasteiger partial charge is 0.348 e. The van der Waals surface area contributed by atoms with Crippen molar-refractivity contribution in [3.8, 4) is 11.1 Å². The van der Waals surface area contributed by atoms with Crippen molar-refractivity contribution in [3.05, 3.63) is 87.5 Å². The number of halogens is 3. The van der Waals surface area contributed by atoms with Gasteiger partial charge in [0.25, 0.3) is 5.56 Å². The van der Waals surface area contributed by atoms with Crippen molar-refractivity contribution in [2.75, 3.05) is 0 Å². The van der Waals surface area contributed by atoms with Gasteiger partial charge in [0.15, 0.2) is 0 Å². The van der Waals surface area contributed by atoms with Crippen LogP contribution in [0.25, 0.3) is 21.3 Å². The highest BCUT2D eigenvalue weighted by Gasteiger charge is 2.17. The Hall–Kier alpha value is -3.46. The van der Waals surface area contributed by atoms with Crippen LogP contribution in [0.2, 0.25) is 0 Å². The number of amides is 1. The second-order valence-electron chi connectivity index (χ2n) is 6.97. The van der Waals surface area contributed by atoms with Gasteiger partial charge in [-0.1, -0.05) is 18.2 Å². The normalized spacial score (nSPS) is 12.1. The van der Waals surface area contributed by atoms with Crippen molar-refractivity contribution in [1.29, 1.82) is 0 Å². The van der Waals surface area contributed by atoms with Crippen LogP contribution in [0.5, 0.6) is 0 Å². The molecule has 2 aromatic heterocycles. The van der Waals surface area contributed by atoms with E-state index in [1.54, 1.807) is 24.4 Å². The van der Waals surface area contributed by atoms with Crippen LogP contribution in [0.4, 0.5) is 13.2 Å². The van der Waals surface area contributed by atoms with Crippen molar-refractivity contribution < 1.29 is 18.0 Å². The van der Waals surface area contributed by atoms with Crippen LogP contribution in [-0.2, 0) is 11.3 Å². The molecule has 1 N–H and O–H groups in total. The molecule has 0 bridgehead atoms. The fraction of sp³-hybridized carbons (Fsp3) is 0.136. The fourth-order valence-electron chi connectivity index (χ4n) is 3.29. The number of carbonyl (C=O) groups excluding carboxylic acids is 1. The van der Waals surface area contributed by atoms with Crippen LogP contribution in [0, 0.1) is 17.5 Å². The fourth-order valence-corrected chi connectivity index (χ4v) is 4.20. The number of hydrogen-bond donors (Lipinski definition) is 1. The summed E-state index contributed by atoms with van der Waals surface area (Å²) in [5, 5.41) is 4.70. The van der Waals surface area contributed by atoms with Crippen molar-refractivity contribution >= 4 is 27.5 Å². The molecule has 0 aliphatic carbocycles. The molecule has 0 spiro atoms. The first-order valence-corrected chi connectivity index (χ1v) is 10.2. The minimum atomic E-state index is -0.768. The standard InChI is InChI=1S/C22H16F3N3O2S/c1-12(16-7-6-15(24)8-18(16)25)27-19(29)9-28-11-26-21-20(22(28)30)17(10-31-21)13-2-4-14(23)5-3-13/h2-8,10-12H,9H2,1H3,(H,27,29). The zero-order valence-electron chi connectivity index (χ0n) is 16.2. The number of thiophene rings is 1. The lowest BCUT2D eigenvalue weighted by molar-refractivity contribution is -0.122. The van der Waals surface area contributed by atoms with Gasteiger partial charge in [0, 0.05) is 22.6 Å². The number of fused-ring (bicyclic) bond motifs is 1. The molecular formula is C22H16F3N3O2S. The monoisotopic (exact) mass is 443 g/mol. The summed E-state index contributed by atoms with van der Waals surface area (Å²) in [6.07, 6.45) is 1.28. The maximum Gasteiger partial charge on any atom is 0.263 e. The van der Waals surface area contributed by atoms with E-state index in [-0.39, 0.29) is 17.9 Å². The quantitative estimate of drug-likeness (QED) is 0.497. The Kier molecular flexibility index (Phi) is 5.60. The molecule has 31 heavy (non-hydrogen) atoms. The van der Waals surface area contributed by atoms with Gasteiger partial charge in [0.1, 0.15) is 28.8 Å². The SMILES string of the molecule is CC(NC(=O)Cn1cnc2scc(-c3ccc(F)cc3)c2c1=O)c1ccc(F)cc1F. The lowest BCUT2D eigenvalue weighted by Crippen LogP contribution is -2.34. The van der Waals surface area contributed by atoms with Gasteiger partial charge < -0.3 is 5.32 Å². The van der Waals surface area contributed by atoms with Crippen molar-refractivity contribution in [3.63, 3.8) is 0 Å². The number of benzene rings is 2. The molecule has 9 heteroatoms. The summed E-state index contributed by atoms with van der Waals surface area (Å²) in [6, 6.07) is 8.13. The molecule has 5 nitrogen and oxygen atoms in total. The number of nitrogens with one attached hydrogen (secondary N) is 1. The lowest BCUT2D eigenvalue weighted by atomic mass is 10.1. The highest BCUT2D eigenvalue weighted by atomic mass is 32.1. The molecule has 0 radical (unpaired) electrons. The molecule has 1 atom stereocenters. The highest BCUT2D eigenvalue weighted by Crippen LogP contribution is 2.30. The van der Waals surface area contributed by atoms with Crippen molar-refractivity contribution in [2.24, 2.45) is 0 Å². The average molecular weight is 443 g/mol. The van der Waals surface area contributed by atoms with Gasteiger partial charge in [-0.3, -0.25) is 14.2 Å². The van der Waals surface area contributed by atoms with Gasteiger partial charge in [0.2, 0.25) is 5.91 Å². The number of hydrogen-bond acceptors (Lipinski definition) is 4. The summed E-state index contributed by atoms with van der Waals surface area (Å²) < 4.78 is 41.4. The van der Waals surface area contributed by atoms with Gasteiger partial charge in [-0.15, -0.1) is 11.3 Å². The van der Waals surface area contributed by atoms with E-state index in [1.165, 1.54) is 35.9 Å². The summed E-state index contributed by atoms with van der Waals surface area (Å²) in [5.74, 6) is -2.39. The van der Waals surface area contributed by atoms with Crippen molar-refractivity contribution in [1.82, 2.24) is 14.9 Å². The smallest absolute Gasteiger partial charge is 0.263 e. The van der Waals surface area contributed by atoms with Gasteiger partial charge in [-0.05, 0) is 30.7 Å². The van der Waals surface area contributed by atoms with Gasteiger partial charge >= 0.3 is 0 Å². The van der Waals surface area contributed by atoms with E-state index in [4.69, 9.17) is 0 Å². The van der Waals surface area contributed by atoms with Crippen LogP contribution in [0.15, 0.2) is 59.0 Å². The Morgan fingerprint density at radius 1 is 1.13 bits per heavy atom. The van der Waals surface area contributed by atoms with E-state index in [2.05, 4.69) is 10.3 Å². The molecule has 1 unspecified atom stereocenters. The minimum absolute atomic E-state index is 0.132. The summed E-state index contributed by atoms with van der Waals surface area (Å²) >= 11 is 1.27. The van der Waals surface area contributed by atoms with E-state index >= 15 is 0 Å². The van der Waals surface area contributed by atoms with Crippen LogP contribution >= 0.6 is 11.3 Å². The Morgan fingerprint density at radius 3 is 2.55 bits per heavy atom. The van der Waals surface area contributed by atoms with E-state index in [9.17, 15) is 22.8 Å². The summed E-state index contributed by atoms with van der Waals surface area (Å²) in [7, 11) is 0. The molecule has 4 rings (SSSR count). The molecule has 2 aromatic carbocycles. The van der Waals surface area contributed by atoms with Crippen LogP contribution in [-0.4, -0.2) is 15.5 Å². The third kappa shape index (κ3) is 4.22. The Balaban J connectivity index is 1.59. The molecule has 0 aliphatic heterocycles. The summed E-state index contributed by atoms with van der Waals surface area (Å²) in [6.45, 7) is 1.23. The van der Waals surface area contributed by atoms with Gasteiger partial charge in [-0.25, -0.2) is 18.2 Å². The number of rotatable bonds is 5. The van der Waals surface area contributed by atoms with Crippen molar-refractivity contribution in [2.45, 2.75) is 19.5 Å². The number of carbonyl (C=O) groups is 1. The second kappa shape index (κ2) is 8.35. The first-order chi connectivity index (χ1) is 14.8. The summed E-state index contributed by atoms with van der Waals surface area (Å²) in [5.41, 5.74) is 0.983. The molecule has 0 aliphatic rings. The summed E-state index contributed by atoms with van der Waals surface area (Å²) in [4.78, 5) is 30.2. The molecule has 4 aromatic rings. The van der Waals surface area contributed by atoms with E-state index in [1.807, 2.05) is 0 Å². The van der Waals surface area contributed by atoms with E-state index < -0.39 is 29.1 Å². The second-order valence-corrected chi connectivity index (χ2v) is 7.83. The van der Waals surface area contributed by atoms with E-state index in [0.717, 1.165) is 16.7 Å². The molecule has 1 amide bonds. The Morgan fingerprint density at radius 2 is 1.84 bits per heavy atom. The highest BCUT2D eigenvalue weighted by molar-refractivity contribution is 7.17. The molecule has 0 saturated heterocycles. The molecular weight excluding hydrogens is 427 g/mol. The predicted octanol–water partition coefficient (Wildman–Crippen LogP) is 4.42. The number of aromatic nitrogens is 2. The maximum absolute atomic E-state index is 13.9. The minimum Gasteiger partial charge on any atom is -0.348 e. The predicted molar refractivity (Wildman–Crippen MR) is 112 cm³/mol. The maximum atomic E-state index is 13.9. The molecule has 0 fully saturated rings. The van der Waals surface area contributed by atoms with Crippen LogP contribution in [0.3, 0.4) is 0 Å². The first-order valence-electron chi connectivity index (χ1n) is 9.30. The molecule has 158 valence electrons. The van der Waals surface area contributed by atoms with E-state index in [0.29, 0.717) is 21.3 Å². The van der Waals surface area contributed by atoms with Gasteiger partial charge in [0.05, 0.1) is 17.8 Å². The zero-order valence-corrected chi connectivity index (χ0v) is 17.1. The molecule has 0 saturated carbocycles. The lowest BCUT2D eigenvalue weighted by Gasteiger charge is -2.15. The zero-order chi connectivity index (χ0) is 22.1.